The zero-order valence-electron chi connectivity index (χ0n) is 19.4. The van der Waals surface area contributed by atoms with Gasteiger partial charge in [-0.3, -0.25) is 0 Å². The summed E-state index contributed by atoms with van der Waals surface area (Å²) in [6.45, 7) is 7.01. The Balaban J connectivity index is 1.25. The van der Waals surface area contributed by atoms with Gasteiger partial charge in [0, 0.05) is 43.0 Å². The maximum atomic E-state index is 15.2. The molecular formula is C26H32FN5S. The van der Waals surface area contributed by atoms with Crippen molar-refractivity contribution in [3.05, 3.63) is 78.1 Å². The van der Waals surface area contributed by atoms with E-state index in [0.717, 1.165) is 50.0 Å². The van der Waals surface area contributed by atoms with Gasteiger partial charge in [0.1, 0.15) is 18.5 Å². The summed E-state index contributed by atoms with van der Waals surface area (Å²) in [6, 6.07) is 17.4. The number of aromatic nitrogens is 3. The molecule has 0 amide bonds. The molecule has 2 atom stereocenters. The molecule has 0 aliphatic carbocycles. The molecular weight excluding hydrogens is 433 g/mol. The van der Waals surface area contributed by atoms with E-state index in [4.69, 9.17) is 0 Å². The van der Waals surface area contributed by atoms with E-state index in [1.807, 2.05) is 18.0 Å². The van der Waals surface area contributed by atoms with Crippen LogP contribution in [0.1, 0.15) is 56.7 Å². The monoisotopic (exact) mass is 465 g/mol. The molecule has 2 fully saturated rings. The van der Waals surface area contributed by atoms with Crippen molar-refractivity contribution >= 4 is 17.6 Å². The molecule has 0 spiro atoms. The van der Waals surface area contributed by atoms with Crippen LogP contribution in [0.5, 0.6) is 0 Å². The van der Waals surface area contributed by atoms with Gasteiger partial charge in [-0.05, 0) is 57.2 Å². The molecule has 33 heavy (non-hydrogen) atoms. The van der Waals surface area contributed by atoms with E-state index < -0.39 is 0 Å². The van der Waals surface area contributed by atoms with E-state index in [1.54, 1.807) is 18.7 Å². The molecule has 5 rings (SSSR count). The third-order valence-electron chi connectivity index (χ3n) is 7.28. The lowest BCUT2D eigenvalue weighted by molar-refractivity contribution is 0.296. The fourth-order valence-corrected chi connectivity index (χ4v) is 6.50. The summed E-state index contributed by atoms with van der Waals surface area (Å²) in [6.07, 6.45) is 7.85. The average molecular weight is 466 g/mol. The minimum absolute atomic E-state index is 0.0271. The number of hydrogen-bond acceptors (Lipinski definition) is 5. The minimum atomic E-state index is -0.103. The lowest BCUT2D eigenvalue weighted by atomic mass is 9.93. The van der Waals surface area contributed by atoms with Crippen molar-refractivity contribution in [2.75, 3.05) is 18.0 Å². The molecule has 2 aliphatic rings. The van der Waals surface area contributed by atoms with Crippen LogP contribution in [0.2, 0.25) is 0 Å². The third kappa shape index (κ3) is 4.80. The molecule has 1 aromatic heterocycles. The van der Waals surface area contributed by atoms with E-state index in [9.17, 15) is 0 Å². The van der Waals surface area contributed by atoms with Crippen LogP contribution in [0.3, 0.4) is 0 Å². The van der Waals surface area contributed by atoms with Crippen LogP contribution in [0.15, 0.2) is 61.2 Å². The van der Waals surface area contributed by atoms with Crippen LogP contribution in [0, 0.1) is 5.82 Å². The standard InChI is InChI=1S/C26H32FN5S/c1-20-10-13-26(2,22-6-4-3-5-7-22)33-32(20)17-21-8-9-24(16-25(21)27)30-14-11-23(12-15-30)31-18-28-29-19-31/h3-9,16,18-20,23H,10-15,17H2,1-2H3/t20-,26-/m0/s1. The summed E-state index contributed by atoms with van der Waals surface area (Å²) in [5.41, 5.74) is 3.10. The van der Waals surface area contributed by atoms with Crippen molar-refractivity contribution in [1.82, 2.24) is 19.1 Å². The highest BCUT2D eigenvalue weighted by molar-refractivity contribution is 7.98. The fourth-order valence-electron chi connectivity index (χ4n) is 5.05. The second-order valence-electron chi connectivity index (χ2n) is 9.55. The van der Waals surface area contributed by atoms with Crippen LogP contribution in [-0.2, 0) is 11.3 Å². The SMILES string of the molecule is C[C@H]1CC[C@@](C)(c2ccccc2)SN1Cc1ccc(N2CCC(n3cnnc3)CC2)cc1F. The van der Waals surface area contributed by atoms with Gasteiger partial charge in [-0.15, -0.1) is 10.2 Å². The van der Waals surface area contributed by atoms with Gasteiger partial charge >= 0.3 is 0 Å². The van der Waals surface area contributed by atoms with Crippen molar-refractivity contribution in [2.24, 2.45) is 0 Å². The van der Waals surface area contributed by atoms with Crippen LogP contribution >= 0.6 is 11.9 Å². The number of benzene rings is 2. The summed E-state index contributed by atoms with van der Waals surface area (Å²) in [7, 11) is 0. The lowest BCUT2D eigenvalue weighted by Crippen LogP contribution is -2.38. The molecule has 0 N–H and O–H groups in total. The summed E-state index contributed by atoms with van der Waals surface area (Å²) in [5, 5.41) is 7.84. The normalized spacial score (nSPS) is 24.8. The largest absolute Gasteiger partial charge is 0.371 e. The Hall–Kier alpha value is -2.38. The number of halogens is 1. The van der Waals surface area contributed by atoms with E-state index in [2.05, 4.69) is 74.2 Å². The summed E-state index contributed by atoms with van der Waals surface area (Å²) >= 11 is 1.87. The van der Waals surface area contributed by atoms with Crippen molar-refractivity contribution in [2.45, 2.75) is 62.9 Å². The van der Waals surface area contributed by atoms with Crippen LogP contribution in [-0.4, -0.2) is 38.2 Å². The van der Waals surface area contributed by atoms with Gasteiger partial charge in [-0.1, -0.05) is 48.3 Å². The zero-order valence-corrected chi connectivity index (χ0v) is 20.2. The van der Waals surface area contributed by atoms with Crippen molar-refractivity contribution in [3.8, 4) is 0 Å². The molecule has 0 saturated carbocycles. The quantitative estimate of drug-likeness (QED) is 0.445. The van der Waals surface area contributed by atoms with E-state index >= 15 is 4.39 Å². The Morgan fingerprint density at radius 2 is 1.76 bits per heavy atom. The first-order chi connectivity index (χ1) is 16.0. The molecule has 174 valence electrons. The second kappa shape index (κ2) is 9.47. The molecule has 2 aromatic carbocycles. The van der Waals surface area contributed by atoms with Crippen molar-refractivity contribution in [1.29, 1.82) is 0 Å². The zero-order chi connectivity index (χ0) is 22.8. The van der Waals surface area contributed by atoms with Crippen LogP contribution in [0.25, 0.3) is 0 Å². The highest BCUT2D eigenvalue weighted by Gasteiger charge is 2.37. The number of anilines is 1. The maximum Gasteiger partial charge on any atom is 0.129 e. The molecule has 2 saturated heterocycles. The number of piperidine rings is 1. The van der Waals surface area contributed by atoms with Gasteiger partial charge in [0.05, 0.1) is 4.75 Å². The van der Waals surface area contributed by atoms with Crippen LogP contribution < -0.4 is 4.90 Å². The molecule has 3 aromatic rings. The van der Waals surface area contributed by atoms with Gasteiger partial charge in [-0.25, -0.2) is 8.70 Å². The second-order valence-corrected chi connectivity index (χ2v) is 11.1. The summed E-state index contributed by atoms with van der Waals surface area (Å²) in [5.74, 6) is -0.103. The van der Waals surface area contributed by atoms with Gasteiger partial charge in [0.25, 0.3) is 0 Å². The Morgan fingerprint density at radius 1 is 1.03 bits per heavy atom. The highest BCUT2D eigenvalue weighted by atomic mass is 32.2. The molecule has 5 nitrogen and oxygen atoms in total. The van der Waals surface area contributed by atoms with E-state index in [0.29, 0.717) is 18.6 Å². The predicted octanol–water partition coefficient (Wildman–Crippen LogP) is 5.81. The molecule has 3 heterocycles. The summed E-state index contributed by atoms with van der Waals surface area (Å²) < 4.78 is 19.7. The highest BCUT2D eigenvalue weighted by Crippen LogP contribution is 2.48. The van der Waals surface area contributed by atoms with Gasteiger partial charge < -0.3 is 9.47 Å². The topological polar surface area (TPSA) is 37.2 Å². The lowest BCUT2D eigenvalue weighted by Gasteiger charge is -2.43. The predicted molar refractivity (Wildman–Crippen MR) is 133 cm³/mol. The molecule has 2 aliphatic heterocycles. The van der Waals surface area contributed by atoms with Crippen molar-refractivity contribution in [3.63, 3.8) is 0 Å². The first-order valence-corrected chi connectivity index (χ1v) is 12.7. The third-order valence-corrected chi connectivity index (χ3v) is 8.85. The molecule has 7 heteroatoms. The Labute approximate surface area is 200 Å². The number of hydrogen-bond donors (Lipinski definition) is 0. The van der Waals surface area contributed by atoms with Gasteiger partial charge in [0.15, 0.2) is 0 Å². The molecule has 0 bridgehead atoms. The minimum Gasteiger partial charge on any atom is -0.371 e. The first-order valence-electron chi connectivity index (χ1n) is 11.9. The Morgan fingerprint density at radius 3 is 2.45 bits per heavy atom. The summed E-state index contributed by atoms with van der Waals surface area (Å²) in [4.78, 5) is 2.29. The van der Waals surface area contributed by atoms with Crippen LogP contribution in [0.4, 0.5) is 10.1 Å². The smallest absolute Gasteiger partial charge is 0.129 e. The van der Waals surface area contributed by atoms with Gasteiger partial charge in [0.2, 0.25) is 0 Å². The average Bonchev–Trinajstić information content (AvgIpc) is 3.39. The first kappa shape index (κ1) is 22.4. The maximum absolute atomic E-state index is 15.2. The number of rotatable bonds is 5. The van der Waals surface area contributed by atoms with Crippen molar-refractivity contribution < 1.29 is 4.39 Å². The molecule has 0 unspecified atom stereocenters. The number of nitrogens with zero attached hydrogens (tertiary/aromatic N) is 5. The van der Waals surface area contributed by atoms with Gasteiger partial charge in [-0.2, -0.15) is 0 Å². The van der Waals surface area contributed by atoms with E-state index in [1.165, 1.54) is 5.56 Å². The fraction of sp³-hybridized carbons (Fsp3) is 0.462. The Kier molecular flexibility index (Phi) is 6.43. The Bertz CT molecular complexity index is 1050. The van der Waals surface area contributed by atoms with E-state index in [-0.39, 0.29) is 10.6 Å². The molecule has 0 radical (unpaired) electrons.